The predicted octanol–water partition coefficient (Wildman–Crippen LogP) is 1.02. The fourth-order valence-electron chi connectivity index (χ4n) is 0.540. The molecule has 0 radical (unpaired) electrons. The topological polar surface area (TPSA) is 30.7 Å². The van der Waals surface area contributed by atoms with Gasteiger partial charge >= 0.3 is 0 Å². The fourth-order valence-corrected chi connectivity index (χ4v) is 0.540. The van der Waals surface area contributed by atoms with Crippen LogP contribution in [-0.2, 0) is 0 Å². The Balaban J connectivity index is 3.12. The summed E-state index contributed by atoms with van der Waals surface area (Å²) in [5.41, 5.74) is 0.852. The van der Waals surface area contributed by atoms with Crippen molar-refractivity contribution in [3.63, 3.8) is 0 Å². The van der Waals surface area contributed by atoms with Gasteiger partial charge in [0, 0.05) is 6.20 Å². The highest BCUT2D eigenvalue weighted by Crippen LogP contribution is 1.95. The van der Waals surface area contributed by atoms with Crippen LogP contribution in [0.1, 0.15) is 5.69 Å². The molecule has 1 aromatic heterocycles. The van der Waals surface area contributed by atoms with Crippen LogP contribution in [-0.4, -0.2) is 15.0 Å². The summed E-state index contributed by atoms with van der Waals surface area (Å²) >= 11 is 0. The smallest absolute Gasteiger partial charge is 0.0858 e. The number of nitrogens with zero attached hydrogens (tertiary/aromatic N) is 3. The first-order valence-corrected chi connectivity index (χ1v) is 2.53. The summed E-state index contributed by atoms with van der Waals surface area (Å²) in [4.78, 5) is 0. The molecule has 0 atom stereocenters. The van der Waals surface area contributed by atoms with E-state index in [2.05, 4.69) is 23.5 Å². The highest BCUT2D eigenvalue weighted by atomic mass is 15.4. The zero-order valence-electron chi connectivity index (χ0n) is 4.99. The Bertz CT molecular complexity index is 201. The maximum atomic E-state index is 3.68. The Kier molecular flexibility index (Phi) is 1.44. The first kappa shape index (κ1) is 5.75. The van der Waals surface area contributed by atoms with Crippen molar-refractivity contribution in [2.24, 2.45) is 0 Å². The molecule has 0 aliphatic carbocycles. The van der Waals surface area contributed by atoms with Crippen molar-refractivity contribution in [2.45, 2.75) is 0 Å². The lowest BCUT2D eigenvalue weighted by Crippen LogP contribution is -1.89. The maximum Gasteiger partial charge on any atom is 0.0858 e. The Hall–Kier alpha value is -1.38. The Morgan fingerprint density at radius 3 is 2.78 bits per heavy atom. The van der Waals surface area contributed by atoms with Gasteiger partial charge in [-0.1, -0.05) is 18.4 Å². The van der Waals surface area contributed by atoms with Gasteiger partial charge in [-0.25, -0.2) is 4.68 Å². The minimum Gasteiger partial charge on any atom is -0.221 e. The molecule has 0 aliphatic rings. The van der Waals surface area contributed by atoms with Gasteiger partial charge in [0.15, 0.2) is 0 Å². The molecule has 0 fully saturated rings. The summed E-state index contributed by atoms with van der Waals surface area (Å²) in [6, 6.07) is 0. The first-order valence-electron chi connectivity index (χ1n) is 2.53. The fraction of sp³-hybridized carbons (Fsp3) is 0. The van der Waals surface area contributed by atoms with Gasteiger partial charge in [0.25, 0.3) is 0 Å². The van der Waals surface area contributed by atoms with Crippen LogP contribution >= 0.6 is 0 Å². The van der Waals surface area contributed by atoms with Crippen LogP contribution in [0.3, 0.4) is 0 Å². The van der Waals surface area contributed by atoms with Crippen LogP contribution in [0, 0.1) is 0 Å². The van der Waals surface area contributed by atoms with E-state index in [1.807, 2.05) is 0 Å². The van der Waals surface area contributed by atoms with Gasteiger partial charge in [-0.15, -0.1) is 5.10 Å². The molecular formula is C6H7N3. The lowest BCUT2D eigenvalue weighted by atomic mass is 10.5. The average molecular weight is 121 g/mol. The van der Waals surface area contributed by atoms with Crippen LogP contribution in [0.25, 0.3) is 12.3 Å². The zero-order chi connectivity index (χ0) is 6.69. The summed E-state index contributed by atoms with van der Waals surface area (Å²) in [5.74, 6) is 0. The molecule has 0 amide bonds. The molecule has 0 N–H and O–H groups in total. The molecule has 0 bridgehead atoms. The summed E-state index contributed by atoms with van der Waals surface area (Å²) in [5, 5.41) is 7.32. The van der Waals surface area contributed by atoms with Crippen molar-refractivity contribution in [3.8, 4) is 0 Å². The number of rotatable bonds is 2. The van der Waals surface area contributed by atoms with Crippen LogP contribution in [0.4, 0.5) is 0 Å². The lowest BCUT2D eigenvalue weighted by molar-refractivity contribution is 0.837. The van der Waals surface area contributed by atoms with E-state index < -0.39 is 0 Å². The molecule has 0 unspecified atom stereocenters. The molecule has 1 heterocycles. The number of hydrogen-bond donors (Lipinski definition) is 0. The molecule has 0 aromatic carbocycles. The van der Waals surface area contributed by atoms with Crippen molar-refractivity contribution in [3.05, 3.63) is 25.0 Å². The molecular weight excluding hydrogens is 114 g/mol. The van der Waals surface area contributed by atoms with Crippen molar-refractivity contribution in [1.82, 2.24) is 15.0 Å². The molecule has 1 rings (SSSR count). The van der Waals surface area contributed by atoms with Crippen molar-refractivity contribution < 1.29 is 0 Å². The Morgan fingerprint density at radius 1 is 1.56 bits per heavy atom. The van der Waals surface area contributed by atoms with Gasteiger partial charge in [0.05, 0.1) is 11.9 Å². The minimum atomic E-state index is 0.852. The predicted molar refractivity (Wildman–Crippen MR) is 36.5 cm³/mol. The second kappa shape index (κ2) is 2.26. The molecule has 9 heavy (non-hydrogen) atoms. The number of hydrogen-bond acceptors (Lipinski definition) is 2. The quantitative estimate of drug-likeness (QED) is 0.584. The van der Waals surface area contributed by atoms with E-state index in [4.69, 9.17) is 0 Å². The normalized spacial score (nSPS) is 8.89. The van der Waals surface area contributed by atoms with Crippen molar-refractivity contribution in [2.75, 3.05) is 0 Å². The third-order valence-corrected chi connectivity index (χ3v) is 0.985. The molecule has 46 valence electrons. The molecule has 0 spiro atoms. The summed E-state index contributed by atoms with van der Waals surface area (Å²) < 4.78 is 1.55. The van der Waals surface area contributed by atoms with E-state index >= 15 is 0 Å². The monoisotopic (exact) mass is 121 g/mol. The number of aromatic nitrogens is 3. The van der Waals surface area contributed by atoms with E-state index in [9.17, 15) is 0 Å². The van der Waals surface area contributed by atoms with Crippen molar-refractivity contribution >= 4 is 12.3 Å². The largest absolute Gasteiger partial charge is 0.221 e. The third kappa shape index (κ3) is 0.887. The molecule has 3 heteroatoms. The van der Waals surface area contributed by atoms with E-state index in [0.29, 0.717) is 0 Å². The van der Waals surface area contributed by atoms with Gasteiger partial charge in [0.2, 0.25) is 0 Å². The molecule has 3 nitrogen and oxygen atoms in total. The molecule has 0 saturated carbocycles. The minimum absolute atomic E-state index is 0.852. The first-order chi connectivity index (χ1) is 4.38. The third-order valence-electron chi connectivity index (χ3n) is 0.985. The van der Waals surface area contributed by atoms with E-state index in [0.717, 1.165) is 5.69 Å². The SMILES string of the molecule is C=Cc1cnnn1C=C. The van der Waals surface area contributed by atoms with E-state index in [1.54, 1.807) is 23.2 Å². The van der Waals surface area contributed by atoms with E-state index in [1.165, 1.54) is 0 Å². The average Bonchev–Trinajstić information content (AvgIpc) is 2.33. The molecule has 0 aliphatic heterocycles. The summed E-state index contributed by atoms with van der Waals surface area (Å²) in [7, 11) is 0. The van der Waals surface area contributed by atoms with Gasteiger partial charge < -0.3 is 0 Å². The van der Waals surface area contributed by atoms with Gasteiger partial charge in [0.1, 0.15) is 0 Å². The zero-order valence-corrected chi connectivity index (χ0v) is 4.99. The van der Waals surface area contributed by atoms with Crippen molar-refractivity contribution in [1.29, 1.82) is 0 Å². The lowest BCUT2D eigenvalue weighted by Gasteiger charge is -1.88. The standard InChI is InChI=1S/C6H7N3/c1-3-6-5-7-8-9(6)4-2/h3-5H,1-2H2. The second-order valence-corrected chi connectivity index (χ2v) is 1.49. The summed E-state index contributed by atoms with van der Waals surface area (Å²) in [6.45, 7) is 7.09. The summed E-state index contributed by atoms with van der Waals surface area (Å²) in [6.07, 6.45) is 4.86. The molecule has 0 saturated heterocycles. The molecule has 1 aromatic rings. The maximum absolute atomic E-state index is 3.68. The van der Waals surface area contributed by atoms with Crippen LogP contribution in [0.5, 0.6) is 0 Å². The van der Waals surface area contributed by atoms with Crippen LogP contribution in [0.15, 0.2) is 19.4 Å². The Morgan fingerprint density at radius 2 is 2.33 bits per heavy atom. The van der Waals surface area contributed by atoms with Crippen LogP contribution in [0.2, 0.25) is 0 Å². The van der Waals surface area contributed by atoms with E-state index in [-0.39, 0.29) is 0 Å². The second-order valence-electron chi connectivity index (χ2n) is 1.49. The van der Waals surface area contributed by atoms with Crippen LogP contribution < -0.4 is 0 Å². The Labute approximate surface area is 53.3 Å². The van der Waals surface area contributed by atoms with Gasteiger partial charge in [-0.2, -0.15) is 0 Å². The van der Waals surface area contributed by atoms with Gasteiger partial charge in [-0.3, -0.25) is 0 Å². The highest BCUT2D eigenvalue weighted by Gasteiger charge is 1.91. The highest BCUT2D eigenvalue weighted by molar-refractivity contribution is 5.43. The van der Waals surface area contributed by atoms with Gasteiger partial charge in [-0.05, 0) is 6.08 Å².